The van der Waals surface area contributed by atoms with E-state index in [1.54, 1.807) is 0 Å². The van der Waals surface area contributed by atoms with Crippen molar-refractivity contribution in [2.75, 3.05) is 13.1 Å². The number of likely N-dealkylation sites (tertiary alicyclic amines) is 1. The standard InChI is InChI=1S/C20H26N2O2/c1-2-18-17(16-5-3-4-6-19(16)24-18)13-21-15-9-11-22(12-10-15)20(23)14-7-8-14/h3-6,14-15,21H,2,7-13H2,1H3. The fraction of sp³-hybridized carbons (Fsp3) is 0.550. The van der Waals surface area contributed by atoms with Gasteiger partial charge in [-0.2, -0.15) is 0 Å². The lowest BCUT2D eigenvalue weighted by Gasteiger charge is -2.32. The van der Waals surface area contributed by atoms with Gasteiger partial charge < -0.3 is 14.6 Å². The van der Waals surface area contributed by atoms with Crippen LogP contribution < -0.4 is 5.32 Å². The van der Waals surface area contributed by atoms with Gasteiger partial charge in [-0.1, -0.05) is 25.1 Å². The fourth-order valence-corrected chi connectivity index (χ4v) is 3.77. The number of furan rings is 1. The molecule has 1 aliphatic carbocycles. The van der Waals surface area contributed by atoms with Gasteiger partial charge >= 0.3 is 0 Å². The van der Waals surface area contributed by atoms with Gasteiger partial charge in [0.1, 0.15) is 11.3 Å². The minimum absolute atomic E-state index is 0.346. The van der Waals surface area contributed by atoms with Crippen molar-refractivity contribution in [2.24, 2.45) is 5.92 Å². The Balaban J connectivity index is 1.37. The van der Waals surface area contributed by atoms with Crippen LogP contribution >= 0.6 is 0 Å². The summed E-state index contributed by atoms with van der Waals surface area (Å²) in [5.41, 5.74) is 2.28. The summed E-state index contributed by atoms with van der Waals surface area (Å²) >= 11 is 0. The summed E-state index contributed by atoms with van der Waals surface area (Å²) in [5.74, 6) is 1.83. The summed E-state index contributed by atoms with van der Waals surface area (Å²) in [6, 6.07) is 8.77. The first kappa shape index (κ1) is 15.7. The van der Waals surface area contributed by atoms with Gasteiger partial charge in [0.15, 0.2) is 0 Å². The number of carbonyl (C=O) groups excluding carboxylic acids is 1. The molecule has 0 unspecified atom stereocenters. The zero-order valence-corrected chi connectivity index (χ0v) is 14.4. The maximum atomic E-state index is 12.1. The molecule has 0 atom stereocenters. The third-order valence-corrected chi connectivity index (χ3v) is 5.40. The zero-order valence-electron chi connectivity index (χ0n) is 14.4. The molecule has 2 aromatic rings. The second-order valence-electron chi connectivity index (χ2n) is 7.11. The van der Waals surface area contributed by atoms with Crippen molar-refractivity contribution in [3.05, 3.63) is 35.6 Å². The first-order valence-electron chi connectivity index (χ1n) is 9.27. The molecule has 0 bridgehead atoms. The number of benzene rings is 1. The van der Waals surface area contributed by atoms with E-state index in [2.05, 4.69) is 29.3 Å². The van der Waals surface area contributed by atoms with Gasteiger partial charge in [0.05, 0.1) is 0 Å². The summed E-state index contributed by atoms with van der Waals surface area (Å²) in [7, 11) is 0. The number of amides is 1. The second kappa shape index (κ2) is 6.60. The van der Waals surface area contributed by atoms with Gasteiger partial charge in [0.2, 0.25) is 5.91 Å². The first-order chi connectivity index (χ1) is 11.8. The van der Waals surface area contributed by atoms with E-state index in [0.717, 1.165) is 63.1 Å². The highest BCUT2D eigenvalue weighted by Crippen LogP contribution is 2.32. The second-order valence-corrected chi connectivity index (χ2v) is 7.11. The summed E-state index contributed by atoms with van der Waals surface area (Å²) in [4.78, 5) is 14.2. The number of nitrogens with one attached hydrogen (secondary N) is 1. The van der Waals surface area contributed by atoms with Crippen LogP contribution in [0.5, 0.6) is 0 Å². The number of rotatable bonds is 5. The van der Waals surface area contributed by atoms with E-state index in [0.29, 0.717) is 17.9 Å². The molecule has 0 spiro atoms. The Labute approximate surface area is 143 Å². The van der Waals surface area contributed by atoms with Crippen molar-refractivity contribution in [3.8, 4) is 0 Å². The monoisotopic (exact) mass is 326 g/mol. The van der Waals surface area contributed by atoms with Crippen molar-refractivity contribution in [3.63, 3.8) is 0 Å². The topological polar surface area (TPSA) is 45.5 Å². The number of para-hydroxylation sites is 1. The molecule has 2 fully saturated rings. The molecule has 1 aromatic carbocycles. The maximum absolute atomic E-state index is 12.1. The number of hydrogen-bond donors (Lipinski definition) is 1. The quantitative estimate of drug-likeness (QED) is 0.915. The van der Waals surface area contributed by atoms with Gasteiger partial charge in [-0.25, -0.2) is 0 Å². The van der Waals surface area contributed by atoms with Crippen molar-refractivity contribution in [1.82, 2.24) is 10.2 Å². The number of aryl methyl sites for hydroxylation is 1. The SMILES string of the molecule is CCc1oc2ccccc2c1CNC1CCN(C(=O)C2CC2)CC1. The van der Waals surface area contributed by atoms with Crippen LogP contribution in [0.3, 0.4) is 0 Å². The van der Waals surface area contributed by atoms with Crippen molar-refractivity contribution >= 4 is 16.9 Å². The Morgan fingerprint density at radius 2 is 1.96 bits per heavy atom. The number of nitrogens with zero attached hydrogens (tertiary/aromatic N) is 1. The summed E-state index contributed by atoms with van der Waals surface area (Å²) in [6.07, 6.45) is 5.22. The van der Waals surface area contributed by atoms with E-state index in [4.69, 9.17) is 4.42 Å². The third kappa shape index (κ3) is 3.07. The average Bonchev–Trinajstić information content (AvgIpc) is 3.41. The molecule has 128 valence electrons. The molecule has 4 heteroatoms. The van der Waals surface area contributed by atoms with E-state index < -0.39 is 0 Å². The highest BCUT2D eigenvalue weighted by atomic mass is 16.3. The van der Waals surface area contributed by atoms with E-state index in [1.807, 2.05) is 12.1 Å². The van der Waals surface area contributed by atoms with Crippen LogP contribution in [-0.4, -0.2) is 29.9 Å². The van der Waals surface area contributed by atoms with Crippen LogP contribution in [0.25, 0.3) is 11.0 Å². The van der Waals surface area contributed by atoms with Crippen LogP contribution in [0.2, 0.25) is 0 Å². The predicted octanol–water partition coefficient (Wildman–Crippen LogP) is 3.49. The van der Waals surface area contributed by atoms with Gasteiger partial charge in [-0.15, -0.1) is 0 Å². The van der Waals surface area contributed by atoms with Gasteiger partial charge in [-0.3, -0.25) is 4.79 Å². The van der Waals surface area contributed by atoms with E-state index in [9.17, 15) is 4.79 Å². The average molecular weight is 326 g/mol. The van der Waals surface area contributed by atoms with Crippen LogP contribution in [0, 0.1) is 5.92 Å². The molecule has 1 aliphatic heterocycles. The van der Waals surface area contributed by atoms with Crippen LogP contribution in [0.4, 0.5) is 0 Å². The normalized spacial score (nSPS) is 19.1. The highest BCUT2D eigenvalue weighted by molar-refractivity contribution is 5.82. The van der Waals surface area contributed by atoms with E-state index in [1.165, 1.54) is 10.9 Å². The summed E-state index contributed by atoms with van der Waals surface area (Å²) < 4.78 is 5.98. The number of fused-ring (bicyclic) bond motifs is 1. The Morgan fingerprint density at radius 1 is 1.21 bits per heavy atom. The minimum atomic E-state index is 0.346. The number of hydrogen-bond acceptors (Lipinski definition) is 3. The first-order valence-corrected chi connectivity index (χ1v) is 9.27. The zero-order chi connectivity index (χ0) is 16.5. The van der Waals surface area contributed by atoms with E-state index >= 15 is 0 Å². The molecule has 4 rings (SSSR count). The Hall–Kier alpha value is -1.81. The lowest BCUT2D eigenvalue weighted by atomic mass is 10.0. The van der Waals surface area contributed by atoms with Gasteiger partial charge in [0.25, 0.3) is 0 Å². The fourth-order valence-electron chi connectivity index (χ4n) is 3.77. The van der Waals surface area contributed by atoms with Gasteiger partial charge in [0, 0.05) is 49.0 Å². The molecule has 2 heterocycles. The Kier molecular flexibility index (Phi) is 4.31. The lowest BCUT2D eigenvalue weighted by molar-refractivity contribution is -0.133. The Bertz CT molecular complexity index is 724. The van der Waals surface area contributed by atoms with Crippen LogP contribution in [0.15, 0.2) is 28.7 Å². The molecule has 0 radical (unpaired) electrons. The maximum Gasteiger partial charge on any atom is 0.225 e. The lowest BCUT2D eigenvalue weighted by Crippen LogP contribution is -2.45. The molecular formula is C20H26N2O2. The number of carbonyl (C=O) groups is 1. The predicted molar refractivity (Wildman–Crippen MR) is 94.8 cm³/mol. The number of piperidine rings is 1. The largest absolute Gasteiger partial charge is 0.461 e. The van der Waals surface area contributed by atoms with Crippen molar-refractivity contribution in [1.29, 1.82) is 0 Å². The van der Waals surface area contributed by atoms with E-state index in [-0.39, 0.29) is 0 Å². The molecule has 1 aromatic heterocycles. The van der Waals surface area contributed by atoms with Crippen molar-refractivity contribution in [2.45, 2.75) is 51.6 Å². The molecule has 1 amide bonds. The van der Waals surface area contributed by atoms with Crippen LogP contribution in [0.1, 0.15) is 43.9 Å². The highest BCUT2D eigenvalue weighted by Gasteiger charge is 2.34. The van der Waals surface area contributed by atoms with Gasteiger partial charge in [-0.05, 0) is 31.7 Å². The minimum Gasteiger partial charge on any atom is -0.461 e. The molecule has 4 nitrogen and oxygen atoms in total. The smallest absolute Gasteiger partial charge is 0.225 e. The molecule has 2 aliphatic rings. The molecule has 1 saturated heterocycles. The third-order valence-electron chi connectivity index (χ3n) is 5.40. The Morgan fingerprint density at radius 3 is 2.67 bits per heavy atom. The van der Waals surface area contributed by atoms with Crippen molar-refractivity contribution < 1.29 is 9.21 Å². The molecule has 1 saturated carbocycles. The molecule has 1 N–H and O–H groups in total. The van der Waals surface area contributed by atoms with Crippen LogP contribution in [-0.2, 0) is 17.8 Å². The summed E-state index contributed by atoms with van der Waals surface area (Å²) in [6.45, 7) is 4.80. The summed E-state index contributed by atoms with van der Waals surface area (Å²) in [5, 5.41) is 4.92. The molecule has 24 heavy (non-hydrogen) atoms. The molecular weight excluding hydrogens is 300 g/mol.